The standard InChI is InChI=1S/C24H21N7S/c1-24(2)8-20(13-27-24)30-15-19(12-28-30)17-7-22(23-18(10-26)11-29-31(23)14-17)32-21-6-4-3-5-16(21)9-25/h3-7,11-12,14-15,20,27H,8,13H2,1-2H3/t20-/m1/s1. The van der Waals surface area contributed by atoms with Crippen molar-refractivity contribution in [2.45, 2.75) is 41.6 Å². The second-order valence-corrected chi connectivity index (χ2v) is 9.68. The Morgan fingerprint density at radius 1 is 1.03 bits per heavy atom. The highest BCUT2D eigenvalue weighted by molar-refractivity contribution is 7.99. The third kappa shape index (κ3) is 3.64. The third-order valence-electron chi connectivity index (χ3n) is 5.80. The lowest BCUT2D eigenvalue weighted by atomic mass is 10.0. The van der Waals surface area contributed by atoms with E-state index in [9.17, 15) is 10.5 Å². The number of benzene rings is 1. The van der Waals surface area contributed by atoms with Crippen molar-refractivity contribution in [3.05, 3.63) is 66.2 Å². The van der Waals surface area contributed by atoms with Crippen LogP contribution in [0.4, 0.5) is 0 Å². The summed E-state index contributed by atoms with van der Waals surface area (Å²) in [5.41, 5.74) is 3.89. The van der Waals surface area contributed by atoms with Crippen molar-refractivity contribution < 1.29 is 0 Å². The molecule has 0 radical (unpaired) electrons. The van der Waals surface area contributed by atoms with E-state index in [-0.39, 0.29) is 5.54 Å². The molecule has 3 aromatic heterocycles. The zero-order valence-corrected chi connectivity index (χ0v) is 18.6. The maximum atomic E-state index is 9.58. The van der Waals surface area contributed by atoms with Gasteiger partial charge in [-0.25, -0.2) is 4.52 Å². The van der Waals surface area contributed by atoms with E-state index >= 15 is 0 Å². The number of fused-ring (bicyclic) bond motifs is 1. The van der Waals surface area contributed by atoms with E-state index in [0.29, 0.717) is 17.2 Å². The van der Waals surface area contributed by atoms with Gasteiger partial charge in [-0.1, -0.05) is 23.9 Å². The molecule has 0 aliphatic carbocycles. The van der Waals surface area contributed by atoms with Crippen LogP contribution in [0.2, 0.25) is 0 Å². The highest BCUT2D eigenvalue weighted by Crippen LogP contribution is 2.37. The summed E-state index contributed by atoms with van der Waals surface area (Å²) in [4.78, 5) is 1.71. The Hall–Kier alpha value is -3.59. The second kappa shape index (κ2) is 7.83. The first-order valence-electron chi connectivity index (χ1n) is 10.4. The second-order valence-electron chi connectivity index (χ2n) is 8.60. The number of hydrogen-bond donors (Lipinski definition) is 1. The molecule has 1 atom stereocenters. The lowest BCUT2D eigenvalue weighted by molar-refractivity contribution is 0.423. The largest absolute Gasteiger partial charge is 0.310 e. The topological polar surface area (TPSA) is 94.7 Å². The molecule has 0 unspecified atom stereocenters. The van der Waals surface area contributed by atoms with Gasteiger partial charge in [0.25, 0.3) is 0 Å². The normalized spacial score (nSPS) is 17.3. The first-order valence-corrected chi connectivity index (χ1v) is 11.2. The van der Waals surface area contributed by atoms with Gasteiger partial charge in [0.1, 0.15) is 12.1 Å². The lowest BCUT2D eigenvalue weighted by Gasteiger charge is -2.17. The Kier molecular flexibility index (Phi) is 4.97. The highest BCUT2D eigenvalue weighted by Gasteiger charge is 2.31. The number of nitriles is 2. The van der Waals surface area contributed by atoms with E-state index in [1.165, 1.54) is 11.8 Å². The zero-order valence-electron chi connectivity index (χ0n) is 17.8. The number of nitrogens with zero attached hydrogens (tertiary/aromatic N) is 6. The summed E-state index contributed by atoms with van der Waals surface area (Å²) in [5.74, 6) is 0. The van der Waals surface area contributed by atoms with Gasteiger partial charge in [-0.3, -0.25) is 4.68 Å². The van der Waals surface area contributed by atoms with E-state index in [0.717, 1.165) is 39.4 Å². The average molecular weight is 440 g/mol. The van der Waals surface area contributed by atoms with Crippen LogP contribution in [-0.4, -0.2) is 31.5 Å². The van der Waals surface area contributed by atoms with Crippen LogP contribution in [-0.2, 0) is 0 Å². The molecule has 1 fully saturated rings. The molecule has 4 heterocycles. The molecule has 1 saturated heterocycles. The first-order chi connectivity index (χ1) is 15.5. The zero-order chi connectivity index (χ0) is 22.3. The van der Waals surface area contributed by atoms with Gasteiger partial charge in [0.15, 0.2) is 0 Å². The van der Waals surface area contributed by atoms with Gasteiger partial charge < -0.3 is 5.32 Å². The van der Waals surface area contributed by atoms with Crippen molar-refractivity contribution in [2.24, 2.45) is 0 Å². The molecular weight excluding hydrogens is 418 g/mol. The fourth-order valence-electron chi connectivity index (χ4n) is 4.17. The SMILES string of the molecule is CC1(C)C[C@@H](n2cc(-c3cc(Sc4ccccc4C#N)c4c(C#N)cnn4c3)cn2)CN1. The maximum Gasteiger partial charge on any atom is 0.103 e. The fourth-order valence-corrected chi connectivity index (χ4v) is 5.26. The Labute approximate surface area is 190 Å². The molecule has 32 heavy (non-hydrogen) atoms. The van der Waals surface area contributed by atoms with Gasteiger partial charge in [-0.15, -0.1) is 0 Å². The Bertz CT molecular complexity index is 1400. The van der Waals surface area contributed by atoms with Crippen LogP contribution in [0.15, 0.2) is 64.9 Å². The molecular formula is C24H21N7S. The van der Waals surface area contributed by atoms with Gasteiger partial charge in [-0.05, 0) is 38.5 Å². The van der Waals surface area contributed by atoms with Gasteiger partial charge in [-0.2, -0.15) is 20.7 Å². The summed E-state index contributed by atoms with van der Waals surface area (Å²) in [7, 11) is 0. The molecule has 158 valence electrons. The summed E-state index contributed by atoms with van der Waals surface area (Å²) < 4.78 is 3.77. The van der Waals surface area contributed by atoms with Crippen LogP contribution in [0.5, 0.6) is 0 Å². The minimum absolute atomic E-state index is 0.108. The van der Waals surface area contributed by atoms with Gasteiger partial charge in [0.2, 0.25) is 0 Å². The number of aromatic nitrogens is 4. The molecule has 8 heteroatoms. The summed E-state index contributed by atoms with van der Waals surface area (Å²) in [6, 6.07) is 14.3. The lowest BCUT2D eigenvalue weighted by Crippen LogP contribution is -2.31. The molecule has 1 aliphatic rings. The van der Waals surface area contributed by atoms with Crippen LogP contribution >= 0.6 is 11.8 Å². The fraction of sp³-hybridized carbons (Fsp3) is 0.250. The van der Waals surface area contributed by atoms with E-state index in [1.807, 2.05) is 35.3 Å². The molecule has 1 aliphatic heterocycles. The van der Waals surface area contributed by atoms with Crippen molar-refractivity contribution in [1.29, 1.82) is 10.5 Å². The summed E-state index contributed by atoms with van der Waals surface area (Å²) >= 11 is 1.47. The molecule has 4 aromatic rings. The van der Waals surface area contributed by atoms with Crippen molar-refractivity contribution in [3.8, 4) is 23.3 Å². The predicted octanol–water partition coefficient (Wildman–Crippen LogP) is 4.41. The molecule has 1 N–H and O–H groups in total. The van der Waals surface area contributed by atoms with Crippen LogP contribution in [0, 0.1) is 22.7 Å². The van der Waals surface area contributed by atoms with E-state index in [4.69, 9.17) is 0 Å². The Morgan fingerprint density at radius 3 is 2.59 bits per heavy atom. The van der Waals surface area contributed by atoms with Crippen molar-refractivity contribution in [3.63, 3.8) is 0 Å². The molecule has 1 aromatic carbocycles. The third-order valence-corrected chi connectivity index (χ3v) is 6.90. The summed E-state index contributed by atoms with van der Waals surface area (Å²) in [5, 5.41) is 31.7. The predicted molar refractivity (Wildman–Crippen MR) is 122 cm³/mol. The van der Waals surface area contributed by atoms with Crippen molar-refractivity contribution >= 4 is 17.3 Å². The maximum absolute atomic E-state index is 9.58. The minimum atomic E-state index is 0.108. The van der Waals surface area contributed by atoms with Crippen LogP contribution in [0.25, 0.3) is 16.6 Å². The quantitative estimate of drug-likeness (QED) is 0.506. The molecule has 0 bridgehead atoms. The molecule has 7 nitrogen and oxygen atoms in total. The molecule has 0 spiro atoms. The smallest absolute Gasteiger partial charge is 0.103 e. The summed E-state index contributed by atoms with van der Waals surface area (Å²) in [6.07, 6.45) is 8.47. The van der Waals surface area contributed by atoms with E-state index < -0.39 is 0 Å². The molecule has 0 amide bonds. The first kappa shape index (κ1) is 20.3. The van der Waals surface area contributed by atoms with E-state index in [1.54, 1.807) is 16.8 Å². The van der Waals surface area contributed by atoms with Crippen LogP contribution < -0.4 is 5.32 Å². The van der Waals surface area contributed by atoms with Crippen molar-refractivity contribution in [1.82, 2.24) is 24.7 Å². The van der Waals surface area contributed by atoms with Crippen molar-refractivity contribution in [2.75, 3.05) is 6.54 Å². The van der Waals surface area contributed by atoms with E-state index in [2.05, 4.69) is 53.8 Å². The highest BCUT2D eigenvalue weighted by atomic mass is 32.2. The van der Waals surface area contributed by atoms with Gasteiger partial charge in [0, 0.05) is 45.4 Å². The molecule has 0 saturated carbocycles. The van der Waals surface area contributed by atoms with Crippen LogP contribution in [0.1, 0.15) is 37.4 Å². The minimum Gasteiger partial charge on any atom is -0.310 e. The van der Waals surface area contributed by atoms with Gasteiger partial charge in [0.05, 0.1) is 35.1 Å². The number of rotatable bonds is 4. The Morgan fingerprint density at radius 2 is 1.84 bits per heavy atom. The number of pyridine rings is 1. The van der Waals surface area contributed by atoms with Gasteiger partial charge >= 0.3 is 0 Å². The van der Waals surface area contributed by atoms with Crippen LogP contribution in [0.3, 0.4) is 0 Å². The Balaban J connectivity index is 1.57. The monoisotopic (exact) mass is 439 g/mol. The average Bonchev–Trinajstić information content (AvgIpc) is 3.51. The number of nitrogens with one attached hydrogen (secondary N) is 1. The summed E-state index contributed by atoms with van der Waals surface area (Å²) in [6.45, 7) is 5.31. The number of hydrogen-bond acceptors (Lipinski definition) is 6. The molecule has 5 rings (SSSR count).